The molecule has 0 aromatic heterocycles. The van der Waals surface area contributed by atoms with E-state index in [2.05, 4.69) is 0 Å². The Morgan fingerprint density at radius 1 is 1.50 bits per heavy atom. The highest BCUT2D eigenvalue weighted by atomic mass is 35.5. The van der Waals surface area contributed by atoms with E-state index in [1.54, 1.807) is 4.90 Å². The molecule has 0 N–H and O–H groups in total. The average molecular weight is 300 g/mol. The molecule has 1 fully saturated rings. The number of amides is 1. The van der Waals surface area contributed by atoms with Crippen LogP contribution in [0.3, 0.4) is 0 Å². The Balaban J connectivity index is 2.23. The summed E-state index contributed by atoms with van der Waals surface area (Å²) in [7, 11) is 0. The van der Waals surface area contributed by atoms with Crippen molar-refractivity contribution in [1.29, 1.82) is 0 Å². The molecule has 0 bridgehead atoms. The minimum absolute atomic E-state index is 0.0892. The van der Waals surface area contributed by atoms with E-state index in [9.17, 15) is 4.79 Å². The number of carbonyl (C=O) groups is 1. The van der Waals surface area contributed by atoms with Gasteiger partial charge in [-0.1, -0.05) is 12.1 Å². The van der Waals surface area contributed by atoms with E-state index in [-0.39, 0.29) is 24.7 Å². The molecular weight excluding hydrogens is 282 g/mol. The molecule has 1 aliphatic heterocycles. The summed E-state index contributed by atoms with van der Waals surface area (Å²) < 4.78 is 16.1. The Morgan fingerprint density at radius 3 is 2.95 bits per heavy atom. The first-order valence-corrected chi connectivity index (χ1v) is 7.07. The Hall–Kier alpha value is -1.30. The number of ether oxygens (including phenoxy) is 3. The van der Waals surface area contributed by atoms with Crippen molar-refractivity contribution in [3.63, 3.8) is 0 Å². The van der Waals surface area contributed by atoms with Gasteiger partial charge in [0.1, 0.15) is 24.5 Å². The van der Waals surface area contributed by atoms with Gasteiger partial charge in [0.25, 0.3) is 0 Å². The Morgan fingerprint density at radius 2 is 2.30 bits per heavy atom. The summed E-state index contributed by atoms with van der Waals surface area (Å²) in [6, 6.07) is 7.40. The van der Waals surface area contributed by atoms with Gasteiger partial charge in [-0.2, -0.15) is 0 Å². The fraction of sp³-hybridized carbons (Fsp3) is 0.500. The first-order valence-electron chi connectivity index (χ1n) is 6.53. The van der Waals surface area contributed by atoms with Gasteiger partial charge in [0.2, 0.25) is 5.91 Å². The first-order chi connectivity index (χ1) is 9.76. The van der Waals surface area contributed by atoms with E-state index >= 15 is 0 Å². The molecule has 1 amide bonds. The summed E-state index contributed by atoms with van der Waals surface area (Å²) in [6.45, 7) is 3.57. The van der Waals surface area contributed by atoms with Gasteiger partial charge in [0.15, 0.2) is 0 Å². The number of alkyl halides is 1. The Bertz CT molecular complexity index is 449. The minimum atomic E-state index is -0.186. The number of carbonyl (C=O) groups excluding carboxylic acids is 1. The molecule has 1 atom stereocenters. The van der Waals surface area contributed by atoms with Gasteiger partial charge in [-0.3, -0.25) is 4.79 Å². The van der Waals surface area contributed by atoms with E-state index in [1.807, 2.05) is 31.2 Å². The second kappa shape index (κ2) is 7.47. The third-order valence-corrected chi connectivity index (χ3v) is 3.18. The lowest BCUT2D eigenvalue weighted by Gasteiger charge is -2.26. The second-order valence-electron chi connectivity index (χ2n) is 4.32. The van der Waals surface area contributed by atoms with Gasteiger partial charge in [-0.15, -0.1) is 11.6 Å². The molecular formula is C14H18ClNO4. The van der Waals surface area contributed by atoms with Crippen LogP contribution in [0.15, 0.2) is 24.3 Å². The average Bonchev–Trinajstić information content (AvgIpc) is 2.98. The van der Waals surface area contributed by atoms with Crippen molar-refractivity contribution >= 4 is 23.2 Å². The maximum Gasteiger partial charge on any atom is 0.242 e. The van der Waals surface area contributed by atoms with E-state index in [1.165, 1.54) is 0 Å². The summed E-state index contributed by atoms with van der Waals surface area (Å²) in [4.78, 5) is 13.7. The highest BCUT2D eigenvalue weighted by Crippen LogP contribution is 2.29. The van der Waals surface area contributed by atoms with Crippen molar-refractivity contribution in [1.82, 2.24) is 0 Å². The number of nitrogens with zero attached hydrogens (tertiary/aromatic N) is 1. The van der Waals surface area contributed by atoms with Crippen molar-refractivity contribution in [2.75, 3.05) is 37.3 Å². The van der Waals surface area contributed by atoms with Gasteiger partial charge < -0.3 is 19.1 Å². The molecule has 1 heterocycles. The van der Waals surface area contributed by atoms with Gasteiger partial charge in [0.05, 0.1) is 25.4 Å². The SMILES string of the molecule is CCOc1ccccc1N(CC1COCO1)C(=O)CCl. The van der Waals surface area contributed by atoms with Crippen LogP contribution in [-0.4, -0.2) is 44.4 Å². The summed E-state index contributed by atoms with van der Waals surface area (Å²) in [5, 5.41) is 0. The second-order valence-corrected chi connectivity index (χ2v) is 4.58. The highest BCUT2D eigenvalue weighted by molar-refractivity contribution is 6.29. The van der Waals surface area contributed by atoms with Gasteiger partial charge in [0, 0.05) is 0 Å². The lowest BCUT2D eigenvalue weighted by molar-refractivity contribution is -0.116. The minimum Gasteiger partial charge on any atom is -0.492 e. The zero-order valence-corrected chi connectivity index (χ0v) is 12.1. The zero-order chi connectivity index (χ0) is 14.4. The quantitative estimate of drug-likeness (QED) is 0.754. The molecule has 1 aliphatic rings. The number of rotatable bonds is 6. The van der Waals surface area contributed by atoms with Crippen LogP contribution in [0.1, 0.15) is 6.92 Å². The topological polar surface area (TPSA) is 48.0 Å². The van der Waals surface area contributed by atoms with Crippen molar-refractivity contribution < 1.29 is 19.0 Å². The van der Waals surface area contributed by atoms with Crippen molar-refractivity contribution in [3.05, 3.63) is 24.3 Å². The number of anilines is 1. The molecule has 1 unspecified atom stereocenters. The largest absolute Gasteiger partial charge is 0.492 e. The Labute approximate surface area is 123 Å². The molecule has 110 valence electrons. The smallest absolute Gasteiger partial charge is 0.242 e. The van der Waals surface area contributed by atoms with Crippen LogP contribution in [0.2, 0.25) is 0 Å². The monoisotopic (exact) mass is 299 g/mol. The molecule has 0 aliphatic carbocycles. The summed E-state index contributed by atoms with van der Waals surface area (Å²) >= 11 is 5.71. The summed E-state index contributed by atoms with van der Waals surface area (Å²) in [5.41, 5.74) is 0.704. The lowest BCUT2D eigenvalue weighted by Crippen LogP contribution is -2.39. The highest BCUT2D eigenvalue weighted by Gasteiger charge is 2.25. The van der Waals surface area contributed by atoms with Crippen molar-refractivity contribution in [2.24, 2.45) is 0 Å². The fourth-order valence-corrected chi connectivity index (χ4v) is 2.19. The molecule has 20 heavy (non-hydrogen) atoms. The van der Waals surface area contributed by atoms with Crippen LogP contribution in [0, 0.1) is 0 Å². The van der Waals surface area contributed by atoms with Gasteiger partial charge >= 0.3 is 0 Å². The molecule has 5 nitrogen and oxygen atoms in total. The molecule has 1 aromatic carbocycles. The van der Waals surface area contributed by atoms with Crippen LogP contribution in [0.4, 0.5) is 5.69 Å². The zero-order valence-electron chi connectivity index (χ0n) is 11.4. The normalized spacial score (nSPS) is 18.0. The third-order valence-electron chi connectivity index (χ3n) is 2.95. The molecule has 2 rings (SSSR count). The lowest BCUT2D eigenvalue weighted by atomic mass is 10.2. The predicted octanol–water partition coefficient (Wildman–Crippen LogP) is 2.03. The number of para-hydroxylation sites is 2. The molecule has 1 aromatic rings. The van der Waals surface area contributed by atoms with Gasteiger partial charge in [-0.25, -0.2) is 0 Å². The Kier molecular flexibility index (Phi) is 5.64. The van der Waals surface area contributed by atoms with E-state index in [4.69, 9.17) is 25.8 Å². The fourth-order valence-electron chi connectivity index (χ4n) is 2.05. The summed E-state index contributed by atoms with van der Waals surface area (Å²) in [6.07, 6.45) is -0.142. The maximum atomic E-state index is 12.1. The standard InChI is InChI=1S/C14H18ClNO4/c1-2-19-13-6-4-3-5-12(13)16(14(17)7-15)8-11-9-18-10-20-11/h3-6,11H,2,7-10H2,1H3. The van der Waals surface area contributed by atoms with Crippen molar-refractivity contribution in [3.8, 4) is 5.75 Å². The van der Waals surface area contributed by atoms with Gasteiger partial charge in [-0.05, 0) is 19.1 Å². The predicted molar refractivity (Wildman–Crippen MR) is 76.4 cm³/mol. The van der Waals surface area contributed by atoms with E-state index in [0.717, 1.165) is 0 Å². The van der Waals surface area contributed by atoms with Crippen LogP contribution in [0.25, 0.3) is 0 Å². The van der Waals surface area contributed by atoms with E-state index < -0.39 is 0 Å². The molecule has 0 spiro atoms. The van der Waals surface area contributed by atoms with Crippen LogP contribution in [0.5, 0.6) is 5.75 Å². The first kappa shape index (κ1) is 15.1. The van der Waals surface area contributed by atoms with E-state index in [0.29, 0.717) is 31.2 Å². The molecule has 6 heteroatoms. The number of halogens is 1. The third kappa shape index (κ3) is 3.62. The van der Waals surface area contributed by atoms with Crippen LogP contribution < -0.4 is 9.64 Å². The molecule has 0 saturated carbocycles. The number of hydrogen-bond acceptors (Lipinski definition) is 4. The molecule has 1 saturated heterocycles. The van der Waals surface area contributed by atoms with Crippen molar-refractivity contribution in [2.45, 2.75) is 13.0 Å². The molecule has 0 radical (unpaired) electrons. The maximum absolute atomic E-state index is 12.1. The number of hydrogen-bond donors (Lipinski definition) is 0. The number of benzene rings is 1. The van der Waals surface area contributed by atoms with Crippen LogP contribution >= 0.6 is 11.6 Å². The van der Waals surface area contributed by atoms with Crippen LogP contribution in [-0.2, 0) is 14.3 Å². The summed E-state index contributed by atoms with van der Waals surface area (Å²) in [5.74, 6) is 0.385.